The number of hydrogen-bond acceptors (Lipinski definition) is 5. The second-order valence-corrected chi connectivity index (χ2v) is 6.35. The Morgan fingerprint density at radius 3 is 2.76 bits per heavy atom. The van der Waals surface area contributed by atoms with Gasteiger partial charge in [-0.2, -0.15) is 0 Å². The van der Waals surface area contributed by atoms with Gasteiger partial charge in [0.05, 0.1) is 12.2 Å². The molecule has 1 heterocycles. The number of halogens is 1. The summed E-state index contributed by atoms with van der Waals surface area (Å²) in [6.45, 7) is 1.67. The number of nitrogens with zero attached hydrogens (tertiary/aromatic N) is 2. The first-order valence-corrected chi connectivity index (χ1v) is 8.64. The molecule has 0 atom stereocenters. The number of carbonyl (C=O) groups is 1. The smallest absolute Gasteiger partial charge is 0.277 e. The van der Waals surface area contributed by atoms with Crippen LogP contribution in [0.2, 0.25) is 0 Å². The molecule has 0 unspecified atom stereocenters. The lowest BCUT2D eigenvalue weighted by atomic mass is 10.2. The van der Waals surface area contributed by atoms with E-state index in [2.05, 4.69) is 15.5 Å². The predicted molar refractivity (Wildman–Crippen MR) is 94.0 cm³/mol. The quantitative estimate of drug-likeness (QED) is 0.679. The van der Waals surface area contributed by atoms with Crippen LogP contribution in [0.15, 0.2) is 58.2 Å². The highest BCUT2D eigenvalue weighted by Crippen LogP contribution is 2.19. The van der Waals surface area contributed by atoms with Crippen LogP contribution >= 0.6 is 11.8 Å². The summed E-state index contributed by atoms with van der Waals surface area (Å²) in [7, 11) is 0. The Labute approximate surface area is 148 Å². The number of hydrogen-bond donors (Lipinski definition) is 1. The number of carbonyl (C=O) groups excluding carboxylic acids is 1. The van der Waals surface area contributed by atoms with Gasteiger partial charge in [0.25, 0.3) is 5.22 Å². The predicted octanol–water partition coefficient (Wildman–Crippen LogP) is 3.84. The highest BCUT2D eigenvalue weighted by atomic mass is 32.2. The Kier molecular flexibility index (Phi) is 5.45. The average molecular weight is 357 g/mol. The minimum atomic E-state index is -0.354. The molecule has 1 N–H and O–H groups in total. The molecule has 0 saturated carbocycles. The summed E-state index contributed by atoms with van der Waals surface area (Å²) in [6, 6.07) is 14.4. The number of benzene rings is 2. The largest absolute Gasteiger partial charge is 0.416 e. The van der Waals surface area contributed by atoms with Crippen molar-refractivity contribution in [2.24, 2.45) is 0 Å². The molecular formula is C18H16FN3O2S. The zero-order chi connectivity index (χ0) is 17.6. The van der Waals surface area contributed by atoms with Gasteiger partial charge in [0.15, 0.2) is 0 Å². The molecule has 128 valence electrons. The van der Waals surface area contributed by atoms with Gasteiger partial charge < -0.3 is 9.73 Å². The van der Waals surface area contributed by atoms with Crippen molar-refractivity contribution in [3.05, 3.63) is 71.4 Å². The average Bonchev–Trinajstić information content (AvgIpc) is 3.05. The highest BCUT2D eigenvalue weighted by Gasteiger charge is 2.11. The van der Waals surface area contributed by atoms with E-state index in [9.17, 15) is 9.18 Å². The lowest BCUT2D eigenvalue weighted by Crippen LogP contribution is -2.14. The van der Waals surface area contributed by atoms with E-state index >= 15 is 0 Å². The molecular weight excluding hydrogens is 341 g/mol. The van der Waals surface area contributed by atoms with E-state index in [1.165, 1.54) is 6.07 Å². The standard InChI is InChI=1S/C18H16FN3O2S/c1-12-7-8-14(10-15(12)19)20-16(23)11-25-18-22-21-17(24-18)9-13-5-3-2-4-6-13/h2-8,10H,9,11H2,1H3,(H,20,23). The number of aromatic nitrogens is 2. The fourth-order valence-electron chi connectivity index (χ4n) is 2.13. The fraction of sp³-hybridized carbons (Fsp3) is 0.167. The van der Waals surface area contributed by atoms with E-state index in [4.69, 9.17) is 4.42 Å². The Morgan fingerprint density at radius 1 is 1.20 bits per heavy atom. The summed E-state index contributed by atoms with van der Waals surface area (Å²) in [4.78, 5) is 11.9. The molecule has 0 radical (unpaired) electrons. The van der Waals surface area contributed by atoms with Gasteiger partial charge in [-0.3, -0.25) is 4.79 Å². The molecule has 3 aromatic rings. The van der Waals surface area contributed by atoms with Crippen LogP contribution in [0.1, 0.15) is 17.0 Å². The van der Waals surface area contributed by atoms with Crippen LogP contribution in [-0.4, -0.2) is 21.9 Å². The van der Waals surface area contributed by atoms with Crippen LogP contribution in [0.4, 0.5) is 10.1 Å². The molecule has 0 spiro atoms. The normalized spacial score (nSPS) is 10.6. The van der Waals surface area contributed by atoms with E-state index in [1.807, 2.05) is 30.3 Å². The first-order valence-electron chi connectivity index (χ1n) is 7.65. The molecule has 0 aliphatic carbocycles. The van der Waals surface area contributed by atoms with Gasteiger partial charge in [0, 0.05) is 5.69 Å². The number of thioether (sulfide) groups is 1. The van der Waals surface area contributed by atoms with Gasteiger partial charge in [-0.05, 0) is 30.2 Å². The molecule has 3 rings (SSSR count). The third-order valence-corrected chi connectivity index (χ3v) is 4.25. The zero-order valence-electron chi connectivity index (χ0n) is 13.5. The number of aryl methyl sites for hydroxylation is 1. The van der Waals surface area contributed by atoms with E-state index in [0.717, 1.165) is 17.3 Å². The van der Waals surface area contributed by atoms with Crippen molar-refractivity contribution < 1.29 is 13.6 Å². The Balaban J connectivity index is 1.51. The minimum Gasteiger partial charge on any atom is -0.416 e. The van der Waals surface area contributed by atoms with Gasteiger partial charge in [-0.1, -0.05) is 48.2 Å². The van der Waals surface area contributed by atoms with Crippen molar-refractivity contribution in [2.45, 2.75) is 18.6 Å². The molecule has 0 aliphatic rings. The van der Waals surface area contributed by atoms with E-state index in [1.54, 1.807) is 19.1 Å². The maximum absolute atomic E-state index is 13.5. The van der Waals surface area contributed by atoms with Crippen molar-refractivity contribution in [3.8, 4) is 0 Å². The van der Waals surface area contributed by atoms with Crippen LogP contribution in [-0.2, 0) is 11.2 Å². The summed E-state index contributed by atoms with van der Waals surface area (Å²) >= 11 is 1.14. The van der Waals surface area contributed by atoms with E-state index in [0.29, 0.717) is 28.8 Å². The van der Waals surface area contributed by atoms with Crippen LogP contribution in [0, 0.1) is 12.7 Å². The molecule has 25 heavy (non-hydrogen) atoms. The highest BCUT2D eigenvalue weighted by molar-refractivity contribution is 7.99. The monoisotopic (exact) mass is 357 g/mol. The van der Waals surface area contributed by atoms with Crippen molar-refractivity contribution in [1.82, 2.24) is 10.2 Å². The maximum atomic E-state index is 13.5. The first kappa shape index (κ1) is 17.2. The molecule has 1 aromatic heterocycles. The van der Waals surface area contributed by atoms with Gasteiger partial charge in [0.1, 0.15) is 5.82 Å². The summed E-state index contributed by atoms with van der Waals surface area (Å²) in [5, 5.41) is 10.9. The third-order valence-electron chi connectivity index (χ3n) is 3.43. The Morgan fingerprint density at radius 2 is 2.00 bits per heavy atom. The zero-order valence-corrected chi connectivity index (χ0v) is 14.3. The minimum absolute atomic E-state index is 0.0997. The molecule has 5 nitrogen and oxygen atoms in total. The number of amides is 1. The van der Waals surface area contributed by atoms with Crippen LogP contribution in [0.3, 0.4) is 0 Å². The van der Waals surface area contributed by atoms with Crippen molar-refractivity contribution >= 4 is 23.4 Å². The molecule has 7 heteroatoms. The molecule has 0 aliphatic heterocycles. The van der Waals surface area contributed by atoms with E-state index in [-0.39, 0.29) is 17.5 Å². The summed E-state index contributed by atoms with van der Waals surface area (Å²) < 4.78 is 19.0. The molecule has 0 saturated heterocycles. The Bertz CT molecular complexity index is 868. The van der Waals surface area contributed by atoms with Crippen LogP contribution in [0.25, 0.3) is 0 Å². The second kappa shape index (κ2) is 7.94. The summed E-state index contributed by atoms with van der Waals surface area (Å²) in [5.74, 6) is -0.0265. The third kappa shape index (κ3) is 4.90. The lowest BCUT2D eigenvalue weighted by Gasteiger charge is -2.05. The maximum Gasteiger partial charge on any atom is 0.277 e. The van der Waals surface area contributed by atoms with Crippen molar-refractivity contribution in [3.63, 3.8) is 0 Å². The van der Waals surface area contributed by atoms with Crippen molar-refractivity contribution in [1.29, 1.82) is 0 Å². The molecule has 1 amide bonds. The SMILES string of the molecule is Cc1ccc(NC(=O)CSc2nnc(Cc3ccccc3)o2)cc1F. The van der Waals surface area contributed by atoms with Gasteiger partial charge in [0.2, 0.25) is 11.8 Å². The summed E-state index contributed by atoms with van der Waals surface area (Å²) in [5.41, 5.74) is 2.02. The number of rotatable bonds is 6. The summed E-state index contributed by atoms with van der Waals surface area (Å²) in [6.07, 6.45) is 0.545. The van der Waals surface area contributed by atoms with Gasteiger partial charge in [-0.25, -0.2) is 4.39 Å². The van der Waals surface area contributed by atoms with Crippen LogP contribution < -0.4 is 5.32 Å². The first-order chi connectivity index (χ1) is 12.1. The molecule has 0 fully saturated rings. The fourth-order valence-corrected chi connectivity index (χ4v) is 2.71. The number of nitrogens with one attached hydrogen (secondary N) is 1. The van der Waals surface area contributed by atoms with E-state index < -0.39 is 0 Å². The van der Waals surface area contributed by atoms with Crippen LogP contribution in [0.5, 0.6) is 0 Å². The second-order valence-electron chi connectivity index (χ2n) is 5.42. The van der Waals surface area contributed by atoms with Gasteiger partial charge >= 0.3 is 0 Å². The Hall–Kier alpha value is -2.67. The number of anilines is 1. The van der Waals surface area contributed by atoms with Gasteiger partial charge in [-0.15, -0.1) is 10.2 Å². The topological polar surface area (TPSA) is 68.0 Å². The molecule has 0 bridgehead atoms. The van der Waals surface area contributed by atoms with Crippen molar-refractivity contribution in [2.75, 3.05) is 11.1 Å². The lowest BCUT2D eigenvalue weighted by molar-refractivity contribution is -0.113. The molecule has 2 aromatic carbocycles.